The van der Waals surface area contributed by atoms with Crippen LogP contribution in [-0.2, 0) is 14.0 Å². The van der Waals surface area contributed by atoms with Gasteiger partial charge in [-0.25, -0.2) is 0 Å². The van der Waals surface area contributed by atoms with E-state index in [2.05, 4.69) is 6.92 Å². The normalized spacial score (nSPS) is 12.3. The number of unbranched alkanes of at least 4 members (excludes halogenated alkanes) is 15. The first kappa shape index (κ1) is 40.6. The zero-order valence-electron chi connectivity index (χ0n) is 23.9. The molecule has 0 rings (SSSR count). The fraction of sp³-hybridized carbons (Fsp3) is 1.00. The van der Waals surface area contributed by atoms with Gasteiger partial charge in [0.1, 0.15) is 0 Å². The first-order chi connectivity index (χ1) is 15.0. The van der Waals surface area contributed by atoms with Gasteiger partial charge in [-0.05, 0) is 48.1 Å². The van der Waals surface area contributed by atoms with Crippen LogP contribution in [0.1, 0.15) is 144 Å². The summed E-state index contributed by atoms with van der Waals surface area (Å²) in [7, 11) is -4.77. The van der Waals surface area contributed by atoms with E-state index in [1.165, 1.54) is 110 Å². The van der Waals surface area contributed by atoms with E-state index in [4.69, 9.17) is 9.47 Å². The van der Waals surface area contributed by atoms with Gasteiger partial charge in [0, 0.05) is 6.61 Å². The maximum Gasteiger partial charge on any atom is 1.00 e. The molecule has 0 aromatic rings. The molecular weight excluding hydrogens is 469 g/mol. The van der Waals surface area contributed by atoms with Crippen LogP contribution in [0.4, 0.5) is 0 Å². The number of rotatable bonds is 23. The van der Waals surface area contributed by atoms with Crippen molar-refractivity contribution in [3.8, 4) is 0 Å². The first-order valence-corrected chi connectivity index (χ1v) is 14.9. The molecular formula is C26H53Na2O5P. The third-order valence-electron chi connectivity index (χ3n) is 6.31. The van der Waals surface area contributed by atoms with Crippen molar-refractivity contribution < 1.29 is 82.9 Å². The topological polar surface area (TPSA) is 81.7 Å². The van der Waals surface area contributed by atoms with Crippen molar-refractivity contribution in [2.75, 3.05) is 13.2 Å². The molecule has 194 valence electrons. The Balaban J connectivity index is -0.00000480. The molecule has 0 unspecified atom stereocenters. The van der Waals surface area contributed by atoms with Gasteiger partial charge in [0.15, 0.2) is 0 Å². The summed E-state index contributed by atoms with van der Waals surface area (Å²) in [6.07, 6.45) is 22.2. The molecule has 0 N–H and O–H groups in total. The Morgan fingerprint density at radius 3 is 1.29 bits per heavy atom. The van der Waals surface area contributed by atoms with Gasteiger partial charge in [0.05, 0.1) is 17.6 Å². The van der Waals surface area contributed by atoms with Gasteiger partial charge in [0.25, 0.3) is 0 Å². The minimum absolute atomic E-state index is 0. The van der Waals surface area contributed by atoms with Crippen LogP contribution < -0.4 is 68.9 Å². The second kappa shape index (κ2) is 24.1. The number of hydrogen-bond donors (Lipinski definition) is 0. The van der Waals surface area contributed by atoms with E-state index in [1.54, 1.807) is 0 Å². The molecule has 0 aliphatic heterocycles. The van der Waals surface area contributed by atoms with Crippen molar-refractivity contribution in [2.24, 2.45) is 0 Å². The van der Waals surface area contributed by atoms with Gasteiger partial charge in [-0.1, -0.05) is 103 Å². The summed E-state index contributed by atoms with van der Waals surface area (Å²) >= 11 is 0. The molecule has 0 heterocycles. The van der Waals surface area contributed by atoms with Gasteiger partial charge < -0.3 is 23.8 Å². The summed E-state index contributed by atoms with van der Waals surface area (Å²) in [6, 6.07) is 0. The molecule has 5 nitrogen and oxygen atoms in total. The Morgan fingerprint density at radius 1 is 0.588 bits per heavy atom. The quantitative estimate of drug-likeness (QED) is 0.114. The van der Waals surface area contributed by atoms with E-state index in [1.807, 2.05) is 13.8 Å². The van der Waals surface area contributed by atoms with E-state index in [0.29, 0.717) is 13.0 Å². The Bertz CT molecular complexity index is 484. The molecule has 34 heavy (non-hydrogen) atoms. The second-order valence-corrected chi connectivity index (χ2v) is 12.5. The molecule has 0 aliphatic rings. The van der Waals surface area contributed by atoms with Crippen LogP contribution in [0.15, 0.2) is 0 Å². The average molecular weight is 523 g/mol. The maximum atomic E-state index is 11.2. The van der Waals surface area contributed by atoms with Crippen LogP contribution in [0.3, 0.4) is 0 Å². The maximum absolute atomic E-state index is 11.2. The van der Waals surface area contributed by atoms with E-state index in [-0.39, 0.29) is 71.3 Å². The molecule has 0 bridgehead atoms. The van der Waals surface area contributed by atoms with E-state index >= 15 is 0 Å². The third-order valence-corrected chi connectivity index (χ3v) is 7.76. The molecule has 0 atom stereocenters. The second-order valence-electron chi connectivity index (χ2n) is 10.5. The smallest absolute Gasteiger partial charge is 0.809 e. The van der Waals surface area contributed by atoms with E-state index in [0.717, 1.165) is 6.42 Å². The predicted octanol–water partition coefficient (Wildman–Crippen LogP) is 1.11. The molecule has 0 saturated heterocycles. The molecule has 0 radical (unpaired) electrons. The van der Waals surface area contributed by atoms with Crippen LogP contribution in [0.2, 0.25) is 0 Å². The van der Waals surface area contributed by atoms with E-state index in [9.17, 15) is 14.4 Å². The molecule has 0 amide bonds. The summed E-state index contributed by atoms with van der Waals surface area (Å²) in [6.45, 7) is 9.73. The van der Waals surface area contributed by atoms with Crippen molar-refractivity contribution in [1.29, 1.82) is 0 Å². The van der Waals surface area contributed by atoms with Gasteiger partial charge in [-0.3, -0.25) is 0 Å². The van der Waals surface area contributed by atoms with Gasteiger partial charge in [-0.2, -0.15) is 0 Å². The zero-order chi connectivity index (χ0) is 24.3. The third kappa shape index (κ3) is 24.4. The minimum Gasteiger partial charge on any atom is -0.809 e. The summed E-state index contributed by atoms with van der Waals surface area (Å²) in [4.78, 5) is 22.3. The average Bonchev–Trinajstić information content (AvgIpc) is 2.69. The minimum atomic E-state index is -4.77. The molecule has 0 aromatic carbocycles. The fourth-order valence-electron chi connectivity index (χ4n) is 3.70. The summed E-state index contributed by atoms with van der Waals surface area (Å²) in [5, 5.41) is -1.67. The Kier molecular flexibility index (Phi) is 28.8. The summed E-state index contributed by atoms with van der Waals surface area (Å²) in [5.74, 6) is 0. The molecule has 8 heteroatoms. The Labute approximate surface area is 256 Å². The molecule has 0 saturated carbocycles. The number of ether oxygens (including phenoxy) is 2. The van der Waals surface area contributed by atoms with Crippen LogP contribution in [0.5, 0.6) is 0 Å². The van der Waals surface area contributed by atoms with Crippen molar-refractivity contribution >= 4 is 7.60 Å². The molecule has 0 spiro atoms. The summed E-state index contributed by atoms with van der Waals surface area (Å²) < 4.78 is 22.4. The van der Waals surface area contributed by atoms with Crippen molar-refractivity contribution in [2.45, 2.75) is 155 Å². The van der Waals surface area contributed by atoms with Crippen LogP contribution in [0, 0.1) is 0 Å². The van der Waals surface area contributed by atoms with Crippen molar-refractivity contribution in [3.05, 3.63) is 0 Å². The van der Waals surface area contributed by atoms with Gasteiger partial charge in [-0.15, -0.1) is 0 Å². The SMILES string of the molecule is CCCCCCCCCCCCCCCCCCOC(C)(C)CCOC(C)(C)P(=O)([O-])[O-].[Na+].[Na+]. The molecule has 0 aromatic heterocycles. The standard InChI is InChI=1S/C26H55O5P.2Na/c1-6-7-8-9-10-11-12-13-14-15-16-17-18-19-20-21-23-30-25(2,3)22-24-31-26(4,5)32(27,28)29;;/h6-24H2,1-5H3,(H2,27,28,29);;/q;2*+1/p-2. The van der Waals surface area contributed by atoms with Crippen molar-refractivity contribution in [3.63, 3.8) is 0 Å². The van der Waals surface area contributed by atoms with Gasteiger partial charge in [0.2, 0.25) is 0 Å². The Hall–Kier alpha value is 2.07. The van der Waals surface area contributed by atoms with Crippen molar-refractivity contribution in [1.82, 2.24) is 0 Å². The fourth-order valence-corrected chi connectivity index (χ4v) is 3.95. The molecule has 0 fully saturated rings. The first-order valence-electron chi connectivity index (χ1n) is 13.3. The van der Waals surface area contributed by atoms with Crippen LogP contribution in [-0.4, -0.2) is 24.2 Å². The Morgan fingerprint density at radius 2 is 0.941 bits per heavy atom. The predicted molar refractivity (Wildman–Crippen MR) is 132 cm³/mol. The van der Waals surface area contributed by atoms with E-state index < -0.39 is 12.9 Å². The zero-order valence-corrected chi connectivity index (χ0v) is 28.8. The van der Waals surface area contributed by atoms with Crippen LogP contribution >= 0.6 is 7.60 Å². The monoisotopic (exact) mass is 522 g/mol. The molecule has 0 aliphatic carbocycles. The number of hydrogen-bond acceptors (Lipinski definition) is 5. The van der Waals surface area contributed by atoms with Gasteiger partial charge >= 0.3 is 59.1 Å². The van der Waals surface area contributed by atoms with Crippen LogP contribution in [0.25, 0.3) is 0 Å². The largest absolute Gasteiger partial charge is 1.00 e. The summed E-state index contributed by atoms with van der Waals surface area (Å²) in [5.41, 5.74) is -0.388.